The van der Waals surface area contributed by atoms with Crippen LogP contribution in [0.4, 0.5) is 0 Å². The number of aliphatic hydroxyl groups excluding tert-OH is 1. The molecule has 1 aliphatic rings. The summed E-state index contributed by atoms with van der Waals surface area (Å²) in [7, 11) is 0. The maximum atomic E-state index is 11.1. The molecule has 1 N–H and O–H groups in total. The fourth-order valence-corrected chi connectivity index (χ4v) is 4.70. The molecule has 0 spiro atoms. The number of hydrogen-bond acceptors (Lipinski definition) is 6. The van der Waals surface area contributed by atoms with E-state index >= 15 is 0 Å². The standard InChI is InChI=1S/C28H32O5S/c1-34-28-25(29)27(32-19-23-15-9-4-10-16-23)26(31-18-22-13-7-3-8-14-22)24(33-28)20-30-17-21-11-5-2-6-12-21/h2-16,24-29H,17-20H2,1H3/t24?,25?,26-,27-,28-/m1/s1. The van der Waals surface area contributed by atoms with Crippen molar-refractivity contribution in [3.63, 3.8) is 0 Å². The Hall–Kier alpha value is -2.19. The second-order valence-corrected chi connectivity index (χ2v) is 9.23. The van der Waals surface area contributed by atoms with E-state index in [0.717, 1.165) is 16.7 Å². The van der Waals surface area contributed by atoms with Crippen molar-refractivity contribution in [3.8, 4) is 0 Å². The minimum absolute atomic E-state index is 0.337. The number of rotatable bonds is 11. The fraction of sp³-hybridized carbons (Fsp3) is 0.357. The molecule has 34 heavy (non-hydrogen) atoms. The highest BCUT2D eigenvalue weighted by atomic mass is 32.2. The number of benzene rings is 3. The molecule has 1 aliphatic heterocycles. The molecule has 2 unspecified atom stereocenters. The number of aliphatic hydroxyl groups is 1. The summed E-state index contributed by atoms with van der Waals surface area (Å²) >= 11 is 1.47. The third kappa shape index (κ3) is 6.92. The summed E-state index contributed by atoms with van der Waals surface area (Å²) in [6, 6.07) is 30.0. The third-order valence-electron chi connectivity index (χ3n) is 5.81. The molecule has 0 aromatic heterocycles. The molecule has 0 bridgehead atoms. The van der Waals surface area contributed by atoms with Gasteiger partial charge in [-0.25, -0.2) is 0 Å². The normalized spacial score (nSPS) is 24.7. The van der Waals surface area contributed by atoms with Crippen LogP contribution < -0.4 is 0 Å². The smallest absolute Gasteiger partial charge is 0.132 e. The predicted octanol–water partition coefficient (Wildman–Crippen LogP) is 4.82. The second-order valence-electron chi connectivity index (χ2n) is 8.29. The first-order valence-corrected chi connectivity index (χ1v) is 12.8. The molecule has 5 nitrogen and oxygen atoms in total. The fourth-order valence-electron chi connectivity index (χ4n) is 4.02. The lowest BCUT2D eigenvalue weighted by molar-refractivity contribution is -0.243. The van der Waals surface area contributed by atoms with Gasteiger partial charge < -0.3 is 24.1 Å². The van der Waals surface area contributed by atoms with Gasteiger partial charge in [0.2, 0.25) is 0 Å². The lowest BCUT2D eigenvalue weighted by Crippen LogP contribution is -2.59. The van der Waals surface area contributed by atoms with Gasteiger partial charge in [-0.15, -0.1) is 11.8 Å². The minimum Gasteiger partial charge on any atom is -0.387 e. The van der Waals surface area contributed by atoms with Crippen LogP contribution in [0.1, 0.15) is 16.7 Å². The van der Waals surface area contributed by atoms with Crippen LogP contribution in [0.3, 0.4) is 0 Å². The van der Waals surface area contributed by atoms with Gasteiger partial charge in [-0.2, -0.15) is 0 Å². The summed E-state index contributed by atoms with van der Waals surface area (Å²) in [5, 5.41) is 11.1. The maximum Gasteiger partial charge on any atom is 0.132 e. The van der Waals surface area contributed by atoms with Crippen molar-refractivity contribution in [1.82, 2.24) is 0 Å². The molecule has 0 radical (unpaired) electrons. The van der Waals surface area contributed by atoms with E-state index in [-0.39, 0.29) is 6.10 Å². The molecule has 5 atom stereocenters. The molecule has 1 heterocycles. The van der Waals surface area contributed by atoms with Crippen molar-refractivity contribution in [2.75, 3.05) is 12.9 Å². The average Bonchev–Trinajstić information content (AvgIpc) is 2.89. The molecular weight excluding hydrogens is 448 g/mol. The third-order valence-corrected chi connectivity index (χ3v) is 6.67. The van der Waals surface area contributed by atoms with Gasteiger partial charge in [0, 0.05) is 0 Å². The summed E-state index contributed by atoms with van der Waals surface area (Å²) in [6.45, 7) is 1.59. The summed E-state index contributed by atoms with van der Waals surface area (Å²) < 4.78 is 24.9. The Labute approximate surface area is 206 Å². The Balaban J connectivity index is 1.48. The summed E-state index contributed by atoms with van der Waals surface area (Å²) in [5.74, 6) is 0. The van der Waals surface area contributed by atoms with Crippen LogP contribution in [0.25, 0.3) is 0 Å². The molecule has 1 saturated heterocycles. The Morgan fingerprint density at radius 1 is 0.706 bits per heavy atom. The molecule has 4 rings (SSSR count). The highest BCUT2D eigenvalue weighted by Crippen LogP contribution is 2.32. The van der Waals surface area contributed by atoms with E-state index in [2.05, 4.69) is 0 Å². The number of hydrogen-bond donors (Lipinski definition) is 1. The van der Waals surface area contributed by atoms with Crippen molar-refractivity contribution in [1.29, 1.82) is 0 Å². The quantitative estimate of drug-likeness (QED) is 0.425. The largest absolute Gasteiger partial charge is 0.387 e. The van der Waals surface area contributed by atoms with Gasteiger partial charge in [-0.3, -0.25) is 0 Å². The van der Waals surface area contributed by atoms with E-state index in [0.29, 0.717) is 26.4 Å². The van der Waals surface area contributed by atoms with E-state index in [1.54, 1.807) is 0 Å². The van der Waals surface area contributed by atoms with E-state index < -0.39 is 23.7 Å². The zero-order valence-corrected chi connectivity index (χ0v) is 20.2. The Morgan fingerprint density at radius 3 is 1.68 bits per heavy atom. The van der Waals surface area contributed by atoms with Gasteiger partial charge in [0.05, 0.1) is 26.4 Å². The molecule has 0 aliphatic carbocycles. The van der Waals surface area contributed by atoms with E-state index in [1.165, 1.54) is 11.8 Å². The van der Waals surface area contributed by atoms with Crippen molar-refractivity contribution >= 4 is 11.8 Å². The zero-order chi connectivity index (χ0) is 23.6. The summed E-state index contributed by atoms with van der Waals surface area (Å²) in [5.41, 5.74) is 2.76. The monoisotopic (exact) mass is 480 g/mol. The van der Waals surface area contributed by atoms with Crippen molar-refractivity contribution in [2.45, 2.75) is 49.7 Å². The van der Waals surface area contributed by atoms with Crippen molar-refractivity contribution in [3.05, 3.63) is 108 Å². The van der Waals surface area contributed by atoms with Crippen molar-refractivity contribution < 1.29 is 24.1 Å². The minimum atomic E-state index is -0.829. The van der Waals surface area contributed by atoms with E-state index in [1.807, 2.05) is 97.3 Å². The second kappa shape index (κ2) is 13.0. The van der Waals surface area contributed by atoms with Crippen LogP contribution in [-0.2, 0) is 38.8 Å². The molecule has 3 aromatic rings. The van der Waals surface area contributed by atoms with Gasteiger partial charge >= 0.3 is 0 Å². The van der Waals surface area contributed by atoms with Gasteiger partial charge in [0.1, 0.15) is 29.9 Å². The summed E-state index contributed by atoms with van der Waals surface area (Å²) in [4.78, 5) is 0. The Kier molecular flexibility index (Phi) is 9.56. The highest BCUT2D eigenvalue weighted by Gasteiger charge is 2.46. The average molecular weight is 481 g/mol. The van der Waals surface area contributed by atoms with Crippen LogP contribution in [0, 0.1) is 0 Å². The molecule has 0 saturated carbocycles. The van der Waals surface area contributed by atoms with Gasteiger partial charge in [-0.05, 0) is 22.9 Å². The SMILES string of the molecule is CS[C@H]1OC(COCc2ccccc2)[C@@H](OCc2ccccc2)[C@H](OCc2ccccc2)C1O. The highest BCUT2D eigenvalue weighted by molar-refractivity contribution is 7.99. The van der Waals surface area contributed by atoms with Gasteiger partial charge in [0.25, 0.3) is 0 Å². The molecular formula is C28H32O5S. The van der Waals surface area contributed by atoms with Crippen LogP contribution in [-0.4, -0.2) is 47.8 Å². The lowest BCUT2D eigenvalue weighted by atomic mass is 9.99. The maximum absolute atomic E-state index is 11.1. The van der Waals surface area contributed by atoms with Crippen LogP contribution >= 0.6 is 11.8 Å². The van der Waals surface area contributed by atoms with Crippen LogP contribution in [0.5, 0.6) is 0 Å². The van der Waals surface area contributed by atoms with Gasteiger partial charge in [0.15, 0.2) is 0 Å². The van der Waals surface area contributed by atoms with E-state index in [4.69, 9.17) is 18.9 Å². The lowest BCUT2D eigenvalue weighted by Gasteiger charge is -2.44. The van der Waals surface area contributed by atoms with Crippen LogP contribution in [0.15, 0.2) is 91.0 Å². The molecule has 6 heteroatoms. The number of thioether (sulfide) groups is 1. The number of ether oxygens (including phenoxy) is 4. The first-order chi connectivity index (χ1) is 16.7. The van der Waals surface area contributed by atoms with Crippen LogP contribution in [0.2, 0.25) is 0 Å². The molecule has 0 amide bonds. The van der Waals surface area contributed by atoms with Gasteiger partial charge in [-0.1, -0.05) is 91.0 Å². The van der Waals surface area contributed by atoms with Crippen molar-refractivity contribution in [2.24, 2.45) is 0 Å². The Morgan fingerprint density at radius 2 is 1.18 bits per heavy atom. The predicted molar refractivity (Wildman–Crippen MR) is 134 cm³/mol. The molecule has 3 aromatic carbocycles. The molecule has 180 valence electrons. The van der Waals surface area contributed by atoms with E-state index in [9.17, 15) is 5.11 Å². The zero-order valence-electron chi connectivity index (χ0n) is 19.4. The summed E-state index contributed by atoms with van der Waals surface area (Å²) in [6.07, 6.45) is -0.327. The topological polar surface area (TPSA) is 57.2 Å². The molecule has 1 fully saturated rings. The first kappa shape index (κ1) is 24.9. The first-order valence-electron chi connectivity index (χ1n) is 11.5. The Bertz CT molecular complexity index is 956.